The topological polar surface area (TPSA) is 112 Å². The molecule has 0 spiro atoms. The monoisotopic (exact) mass is 565 g/mol. The predicted molar refractivity (Wildman–Crippen MR) is 162 cm³/mol. The largest absolute Gasteiger partial charge is 0.490 e. The summed E-state index contributed by atoms with van der Waals surface area (Å²) in [6.45, 7) is 6.82. The molecule has 2 amide bonds. The molecular formula is C33H31N3O6. The van der Waals surface area contributed by atoms with Crippen molar-refractivity contribution >= 4 is 34.3 Å². The molecule has 5 aromatic rings. The number of hydrogen-bond donors (Lipinski definition) is 2. The number of para-hydroxylation sites is 2. The molecule has 5 rings (SSSR count). The SMILES string of the molecule is CCOc1cc(C(=O)Nc2ccc(C(=O)Nc3cccc(-c4nc5ccccc5o4)c3)cc2)cc(OCC)c1OCC. The number of carbonyl (C=O) groups is 2. The molecule has 42 heavy (non-hydrogen) atoms. The molecule has 0 bridgehead atoms. The molecule has 1 heterocycles. The highest BCUT2D eigenvalue weighted by Gasteiger charge is 2.19. The molecule has 1 aromatic heterocycles. The molecule has 0 aliphatic heterocycles. The summed E-state index contributed by atoms with van der Waals surface area (Å²) in [4.78, 5) is 30.6. The molecule has 0 unspecified atom stereocenters. The van der Waals surface area contributed by atoms with E-state index < -0.39 is 0 Å². The molecule has 0 aliphatic carbocycles. The van der Waals surface area contributed by atoms with Gasteiger partial charge in [0.05, 0.1) is 19.8 Å². The highest BCUT2D eigenvalue weighted by atomic mass is 16.5. The molecule has 0 aliphatic rings. The van der Waals surface area contributed by atoms with Gasteiger partial charge in [0.15, 0.2) is 17.1 Å². The smallest absolute Gasteiger partial charge is 0.255 e. The van der Waals surface area contributed by atoms with Crippen LogP contribution in [0, 0.1) is 0 Å². The van der Waals surface area contributed by atoms with Gasteiger partial charge in [0.2, 0.25) is 11.6 Å². The van der Waals surface area contributed by atoms with E-state index in [1.54, 1.807) is 48.5 Å². The average molecular weight is 566 g/mol. The summed E-state index contributed by atoms with van der Waals surface area (Å²) in [6, 6.07) is 24.7. The Hall–Kier alpha value is -5.31. The van der Waals surface area contributed by atoms with Crippen molar-refractivity contribution in [2.75, 3.05) is 30.5 Å². The zero-order chi connectivity index (χ0) is 29.5. The summed E-state index contributed by atoms with van der Waals surface area (Å²) in [5, 5.41) is 5.77. The van der Waals surface area contributed by atoms with Crippen LogP contribution in [0.3, 0.4) is 0 Å². The number of rotatable bonds is 11. The molecule has 9 heteroatoms. The van der Waals surface area contributed by atoms with Crippen molar-refractivity contribution in [2.24, 2.45) is 0 Å². The van der Waals surface area contributed by atoms with Gasteiger partial charge in [0.1, 0.15) is 5.52 Å². The van der Waals surface area contributed by atoms with Crippen LogP contribution in [0.2, 0.25) is 0 Å². The zero-order valence-corrected chi connectivity index (χ0v) is 23.6. The predicted octanol–water partition coefficient (Wildman–Crippen LogP) is 7.20. The van der Waals surface area contributed by atoms with Crippen LogP contribution in [0.4, 0.5) is 11.4 Å². The van der Waals surface area contributed by atoms with Crippen LogP contribution in [0.5, 0.6) is 17.2 Å². The molecule has 0 fully saturated rings. The number of fused-ring (bicyclic) bond motifs is 1. The summed E-state index contributed by atoms with van der Waals surface area (Å²) in [5.74, 6) is 1.16. The Kier molecular flexibility index (Phi) is 8.67. The molecule has 0 saturated carbocycles. The number of nitrogens with one attached hydrogen (secondary N) is 2. The van der Waals surface area contributed by atoms with Gasteiger partial charge in [-0.2, -0.15) is 0 Å². The molecule has 0 atom stereocenters. The summed E-state index contributed by atoms with van der Waals surface area (Å²) >= 11 is 0. The highest BCUT2D eigenvalue weighted by molar-refractivity contribution is 6.07. The van der Waals surface area contributed by atoms with Crippen LogP contribution < -0.4 is 24.8 Å². The third kappa shape index (κ3) is 6.36. The maximum Gasteiger partial charge on any atom is 0.255 e. The zero-order valence-electron chi connectivity index (χ0n) is 23.6. The van der Waals surface area contributed by atoms with E-state index in [0.29, 0.717) is 71.0 Å². The van der Waals surface area contributed by atoms with Crippen LogP contribution >= 0.6 is 0 Å². The van der Waals surface area contributed by atoms with Gasteiger partial charge in [0, 0.05) is 28.1 Å². The molecule has 214 valence electrons. The first kappa shape index (κ1) is 28.2. The van der Waals surface area contributed by atoms with Crippen molar-refractivity contribution in [3.8, 4) is 28.7 Å². The summed E-state index contributed by atoms with van der Waals surface area (Å²) in [7, 11) is 0. The van der Waals surface area contributed by atoms with E-state index in [0.717, 1.165) is 11.1 Å². The number of oxazole rings is 1. The molecule has 2 N–H and O–H groups in total. The third-order valence-electron chi connectivity index (χ3n) is 6.24. The number of benzene rings is 4. The lowest BCUT2D eigenvalue weighted by Crippen LogP contribution is -2.14. The first-order valence-electron chi connectivity index (χ1n) is 13.7. The minimum atomic E-state index is -0.354. The van der Waals surface area contributed by atoms with E-state index in [4.69, 9.17) is 18.6 Å². The summed E-state index contributed by atoms with van der Waals surface area (Å²) in [5.41, 5.74) is 4.12. The van der Waals surface area contributed by atoms with E-state index in [1.807, 2.05) is 57.2 Å². The van der Waals surface area contributed by atoms with Crippen molar-refractivity contribution in [1.29, 1.82) is 0 Å². The number of amides is 2. The summed E-state index contributed by atoms with van der Waals surface area (Å²) < 4.78 is 23.0. The van der Waals surface area contributed by atoms with Gasteiger partial charge in [-0.25, -0.2) is 4.98 Å². The normalized spacial score (nSPS) is 10.7. The maximum absolute atomic E-state index is 13.1. The number of ether oxygens (including phenoxy) is 3. The van der Waals surface area contributed by atoms with E-state index >= 15 is 0 Å². The lowest BCUT2D eigenvalue weighted by atomic mass is 10.1. The van der Waals surface area contributed by atoms with E-state index in [9.17, 15) is 9.59 Å². The first-order chi connectivity index (χ1) is 20.5. The fraction of sp³-hybridized carbons (Fsp3) is 0.182. The van der Waals surface area contributed by atoms with Crippen LogP contribution in [0.1, 0.15) is 41.5 Å². The Morgan fingerprint density at radius 1 is 0.690 bits per heavy atom. The van der Waals surface area contributed by atoms with Gasteiger partial charge in [-0.05, 0) is 87.5 Å². The number of aromatic nitrogens is 1. The van der Waals surface area contributed by atoms with Gasteiger partial charge in [-0.3, -0.25) is 9.59 Å². The van der Waals surface area contributed by atoms with Crippen LogP contribution in [0.15, 0.2) is 89.3 Å². The minimum Gasteiger partial charge on any atom is -0.490 e. The van der Waals surface area contributed by atoms with Crippen molar-refractivity contribution in [3.63, 3.8) is 0 Å². The Balaban J connectivity index is 1.27. The number of anilines is 2. The van der Waals surface area contributed by atoms with Gasteiger partial charge in [-0.1, -0.05) is 18.2 Å². The number of carbonyl (C=O) groups excluding carboxylic acids is 2. The quantitative estimate of drug-likeness (QED) is 0.174. The Bertz CT molecular complexity index is 1650. The van der Waals surface area contributed by atoms with Crippen molar-refractivity contribution in [1.82, 2.24) is 4.98 Å². The van der Waals surface area contributed by atoms with Crippen LogP contribution in [-0.2, 0) is 0 Å². The number of nitrogens with zero attached hydrogens (tertiary/aromatic N) is 1. The van der Waals surface area contributed by atoms with E-state index in [1.165, 1.54) is 0 Å². The lowest BCUT2D eigenvalue weighted by Gasteiger charge is -2.17. The van der Waals surface area contributed by atoms with Gasteiger partial charge < -0.3 is 29.3 Å². The lowest BCUT2D eigenvalue weighted by molar-refractivity contribution is 0.101. The average Bonchev–Trinajstić information content (AvgIpc) is 3.44. The Morgan fingerprint density at radius 2 is 1.33 bits per heavy atom. The second kappa shape index (κ2) is 12.9. The molecular weight excluding hydrogens is 534 g/mol. The van der Waals surface area contributed by atoms with Gasteiger partial charge in [-0.15, -0.1) is 0 Å². The van der Waals surface area contributed by atoms with E-state index in [2.05, 4.69) is 15.6 Å². The number of hydrogen-bond acceptors (Lipinski definition) is 7. The standard InChI is InChI=1S/C33H31N3O6/c1-4-39-28-19-23(20-29(40-5-2)30(28)41-6-3)32(38)34-24-16-14-21(15-17-24)31(37)35-25-11-9-10-22(18-25)33-36-26-12-7-8-13-27(26)42-33/h7-20H,4-6H2,1-3H3,(H,34,38)(H,35,37). The van der Waals surface area contributed by atoms with Crippen molar-refractivity contribution < 1.29 is 28.2 Å². The van der Waals surface area contributed by atoms with E-state index in [-0.39, 0.29) is 11.8 Å². The van der Waals surface area contributed by atoms with Crippen LogP contribution in [0.25, 0.3) is 22.6 Å². The van der Waals surface area contributed by atoms with Gasteiger partial charge >= 0.3 is 0 Å². The molecule has 4 aromatic carbocycles. The maximum atomic E-state index is 13.1. The minimum absolute atomic E-state index is 0.295. The summed E-state index contributed by atoms with van der Waals surface area (Å²) in [6.07, 6.45) is 0. The molecule has 0 radical (unpaired) electrons. The Labute approximate surface area is 243 Å². The van der Waals surface area contributed by atoms with Gasteiger partial charge in [0.25, 0.3) is 11.8 Å². The fourth-order valence-corrected chi connectivity index (χ4v) is 4.36. The van der Waals surface area contributed by atoms with Crippen LogP contribution in [-0.4, -0.2) is 36.6 Å². The third-order valence-corrected chi connectivity index (χ3v) is 6.24. The van der Waals surface area contributed by atoms with Crippen molar-refractivity contribution in [2.45, 2.75) is 20.8 Å². The highest BCUT2D eigenvalue weighted by Crippen LogP contribution is 2.39. The first-order valence-corrected chi connectivity index (χ1v) is 13.7. The molecule has 0 saturated heterocycles. The second-order valence-electron chi connectivity index (χ2n) is 9.15. The molecule has 9 nitrogen and oxygen atoms in total. The Morgan fingerprint density at radius 3 is 2.00 bits per heavy atom. The fourth-order valence-electron chi connectivity index (χ4n) is 4.36. The van der Waals surface area contributed by atoms with Crippen molar-refractivity contribution in [3.05, 3.63) is 96.1 Å². The second-order valence-corrected chi connectivity index (χ2v) is 9.15.